The average molecular weight is 342 g/mol. The molecule has 0 aliphatic carbocycles. The number of methoxy groups -OCH3 is 1. The Hall–Kier alpha value is -1.34. The van der Waals surface area contributed by atoms with E-state index in [-0.39, 0.29) is 12.5 Å². The Morgan fingerprint density at radius 2 is 2.00 bits per heavy atom. The first-order valence-corrected chi connectivity index (χ1v) is 8.88. The number of carbonyl (C=O) groups is 1. The van der Waals surface area contributed by atoms with Gasteiger partial charge in [0.1, 0.15) is 6.54 Å². The van der Waals surface area contributed by atoms with Gasteiger partial charge in [0.15, 0.2) is 5.96 Å². The van der Waals surface area contributed by atoms with Crippen LogP contribution in [0.3, 0.4) is 0 Å². The van der Waals surface area contributed by atoms with Crippen LogP contribution in [0.25, 0.3) is 0 Å². The van der Waals surface area contributed by atoms with Crippen LogP contribution in [0, 0.1) is 5.92 Å². The number of rotatable bonds is 8. The maximum absolute atomic E-state index is 11.8. The van der Waals surface area contributed by atoms with Crippen LogP contribution in [0.2, 0.25) is 0 Å². The van der Waals surface area contributed by atoms with Gasteiger partial charge < -0.3 is 25.2 Å². The molecule has 0 atom stereocenters. The van der Waals surface area contributed by atoms with E-state index in [1.54, 1.807) is 26.1 Å². The van der Waals surface area contributed by atoms with E-state index in [2.05, 4.69) is 34.4 Å². The van der Waals surface area contributed by atoms with Crippen molar-refractivity contribution in [3.05, 3.63) is 0 Å². The maximum Gasteiger partial charge on any atom is 0.243 e. The van der Waals surface area contributed by atoms with Gasteiger partial charge in [0.05, 0.1) is 6.61 Å². The molecule has 1 aliphatic rings. The van der Waals surface area contributed by atoms with Crippen molar-refractivity contribution >= 4 is 11.9 Å². The predicted octanol–water partition coefficient (Wildman–Crippen LogP) is 0.377. The molecule has 7 nitrogen and oxygen atoms in total. The molecule has 0 aromatic rings. The molecule has 0 unspecified atom stereocenters. The van der Waals surface area contributed by atoms with Crippen LogP contribution >= 0.6 is 0 Å². The molecule has 0 aromatic carbocycles. The molecule has 1 aliphatic heterocycles. The summed E-state index contributed by atoms with van der Waals surface area (Å²) in [5.41, 5.74) is 0. The largest absolute Gasteiger partial charge is 0.383 e. The quantitative estimate of drug-likeness (QED) is 0.493. The van der Waals surface area contributed by atoms with Crippen molar-refractivity contribution in [2.24, 2.45) is 10.9 Å². The predicted molar refractivity (Wildman–Crippen MR) is 98.3 cm³/mol. The molecule has 0 spiro atoms. The van der Waals surface area contributed by atoms with Gasteiger partial charge in [-0.05, 0) is 18.8 Å². The van der Waals surface area contributed by atoms with E-state index in [1.807, 2.05) is 0 Å². The molecule has 1 rings (SSSR count). The van der Waals surface area contributed by atoms with Gasteiger partial charge in [0.25, 0.3) is 0 Å². The lowest BCUT2D eigenvalue weighted by Crippen LogP contribution is -2.49. The van der Waals surface area contributed by atoms with Crippen LogP contribution < -0.4 is 10.6 Å². The molecule has 0 radical (unpaired) electrons. The van der Waals surface area contributed by atoms with Gasteiger partial charge in [-0.3, -0.25) is 4.79 Å². The van der Waals surface area contributed by atoms with E-state index in [1.165, 1.54) is 0 Å². The number of likely N-dealkylation sites (N-methyl/N-ethyl adjacent to an activating group) is 1. The van der Waals surface area contributed by atoms with E-state index in [9.17, 15) is 4.79 Å². The Labute approximate surface area is 146 Å². The molecule has 1 saturated heterocycles. The zero-order valence-corrected chi connectivity index (χ0v) is 16.0. The SMILES string of the molecule is COCCN1CCC(NC(=NCC(=O)N(C)C)NCC(C)C)CC1. The van der Waals surface area contributed by atoms with Crippen molar-refractivity contribution < 1.29 is 9.53 Å². The van der Waals surface area contributed by atoms with Crippen molar-refractivity contribution in [2.75, 3.05) is 60.5 Å². The van der Waals surface area contributed by atoms with E-state index in [0.717, 1.165) is 51.6 Å². The molecule has 1 heterocycles. The number of carbonyl (C=O) groups excluding carboxylic acids is 1. The van der Waals surface area contributed by atoms with Gasteiger partial charge in [0, 0.05) is 53.4 Å². The first-order chi connectivity index (χ1) is 11.4. The summed E-state index contributed by atoms with van der Waals surface area (Å²) in [7, 11) is 5.25. The number of likely N-dealkylation sites (tertiary alicyclic amines) is 1. The zero-order chi connectivity index (χ0) is 17.9. The van der Waals surface area contributed by atoms with Gasteiger partial charge in [-0.15, -0.1) is 0 Å². The van der Waals surface area contributed by atoms with Crippen molar-refractivity contribution in [3.63, 3.8) is 0 Å². The average Bonchev–Trinajstić information content (AvgIpc) is 2.56. The fraction of sp³-hybridized carbons (Fsp3) is 0.882. The summed E-state index contributed by atoms with van der Waals surface area (Å²) in [6, 6.07) is 0.400. The lowest BCUT2D eigenvalue weighted by molar-refractivity contribution is -0.127. The summed E-state index contributed by atoms with van der Waals surface area (Å²) in [5, 5.41) is 6.83. The highest BCUT2D eigenvalue weighted by molar-refractivity contribution is 5.84. The normalized spacial score (nSPS) is 17.2. The summed E-state index contributed by atoms with van der Waals surface area (Å²) < 4.78 is 5.14. The third kappa shape index (κ3) is 8.49. The Morgan fingerprint density at radius 1 is 1.33 bits per heavy atom. The summed E-state index contributed by atoms with van der Waals surface area (Å²) in [4.78, 5) is 20.2. The smallest absolute Gasteiger partial charge is 0.243 e. The number of nitrogens with zero attached hydrogens (tertiary/aromatic N) is 3. The van der Waals surface area contributed by atoms with Crippen LogP contribution in [-0.4, -0.2) is 88.2 Å². The Balaban J connectivity index is 2.49. The highest BCUT2D eigenvalue weighted by Crippen LogP contribution is 2.09. The second-order valence-electron chi connectivity index (χ2n) is 6.98. The number of piperidine rings is 1. The summed E-state index contributed by atoms with van der Waals surface area (Å²) >= 11 is 0. The van der Waals surface area contributed by atoms with E-state index in [4.69, 9.17) is 4.74 Å². The first kappa shape index (κ1) is 20.7. The van der Waals surface area contributed by atoms with Crippen LogP contribution in [0.1, 0.15) is 26.7 Å². The van der Waals surface area contributed by atoms with Crippen LogP contribution in [0.15, 0.2) is 4.99 Å². The van der Waals surface area contributed by atoms with Crippen LogP contribution in [-0.2, 0) is 9.53 Å². The molecule has 1 amide bonds. The second kappa shape index (κ2) is 11.3. The Bertz CT molecular complexity index is 390. The van der Waals surface area contributed by atoms with Crippen molar-refractivity contribution in [1.82, 2.24) is 20.4 Å². The molecule has 140 valence electrons. The summed E-state index contributed by atoms with van der Waals surface area (Å²) in [6.45, 7) is 9.24. The van der Waals surface area contributed by atoms with Crippen molar-refractivity contribution in [1.29, 1.82) is 0 Å². The number of hydrogen-bond donors (Lipinski definition) is 2. The second-order valence-corrected chi connectivity index (χ2v) is 6.98. The lowest BCUT2D eigenvalue weighted by Gasteiger charge is -2.33. The number of amides is 1. The standard InChI is InChI=1S/C17H35N5O2/c1-14(2)12-18-17(19-13-16(23)21(3)4)20-15-6-8-22(9-7-15)10-11-24-5/h14-15H,6-13H2,1-5H3,(H2,18,19,20). The fourth-order valence-corrected chi connectivity index (χ4v) is 2.46. The Morgan fingerprint density at radius 3 is 2.54 bits per heavy atom. The maximum atomic E-state index is 11.8. The Kier molecular flexibility index (Phi) is 9.71. The minimum atomic E-state index is 0.00929. The molecular weight excluding hydrogens is 306 g/mol. The van der Waals surface area contributed by atoms with Gasteiger partial charge in [-0.2, -0.15) is 0 Å². The van der Waals surface area contributed by atoms with Gasteiger partial charge in [-0.1, -0.05) is 13.8 Å². The van der Waals surface area contributed by atoms with Gasteiger partial charge in [-0.25, -0.2) is 4.99 Å². The summed E-state index contributed by atoms with van der Waals surface area (Å²) in [5.74, 6) is 1.28. The molecule has 0 saturated carbocycles. The molecule has 0 bridgehead atoms. The topological polar surface area (TPSA) is 69.2 Å². The van der Waals surface area contributed by atoms with Crippen LogP contribution in [0.5, 0.6) is 0 Å². The number of hydrogen-bond acceptors (Lipinski definition) is 4. The molecule has 1 fully saturated rings. The van der Waals surface area contributed by atoms with E-state index in [0.29, 0.717) is 12.0 Å². The molecule has 7 heteroatoms. The molecular formula is C17H35N5O2. The zero-order valence-electron chi connectivity index (χ0n) is 16.0. The highest BCUT2D eigenvalue weighted by Gasteiger charge is 2.20. The first-order valence-electron chi connectivity index (χ1n) is 8.88. The highest BCUT2D eigenvalue weighted by atomic mass is 16.5. The van der Waals surface area contributed by atoms with Gasteiger partial charge in [0.2, 0.25) is 5.91 Å². The van der Waals surface area contributed by atoms with Crippen LogP contribution in [0.4, 0.5) is 0 Å². The van der Waals surface area contributed by atoms with Gasteiger partial charge >= 0.3 is 0 Å². The molecule has 24 heavy (non-hydrogen) atoms. The third-order valence-corrected chi connectivity index (χ3v) is 4.09. The van der Waals surface area contributed by atoms with E-state index < -0.39 is 0 Å². The fourth-order valence-electron chi connectivity index (χ4n) is 2.46. The number of ether oxygens (including phenoxy) is 1. The minimum absolute atomic E-state index is 0.00929. The summed E-state index contributed by atoms with van der Waals surface area (Å²) in [6.07, 6.45) is 2.15. The number of aliphatic imine (C=N–C) groups is 1. The molecule has 2 N–H and O–H groups in total. The monoisotopic (exact) mass is 341 g/mol. The van der Waals surface area contributed by atoms with E-state index >= 15 is 0 Å². The lowest BCUT2D eigenvalue weighted by atomic mass is 10.1. The van der Waals surface area contributed by atoms with Crippen molar-refractivity contribution in [2.45, 2.75) is 32.7 Å². The molecule has 0 aromatic heterocycles. The van der Waals surface area contributed by atoms with Crippen molar-refractivity contribution in [3.8, 4) is 0 Å². The third-order valence-electron chi connectivity index (χ3n) is 4.09. The number of nitrogens with one attached hydrogen (secondary N) is 2. The minimum Gasteiger partial charge on any atom is -0.383 e. The number of guanidine groups is 1.